The molecule has 0 bridgehead atoms. The fourth-order valence-electron chi connectivity index (χ4n) is 2.96. The van der Waals surface area contributed by atoms with Crippen LogP contribution in [0.15, 0.2) is 24.4 Å². The molecule has 3 N–H and O–H groups in total. The van der Waals surface area contributed by atoms with Gasteiger partial charge in [-0.2, -0.15) is 0 Å². The number of hydrogen-bond acceptors (Lipinski definition) is 6. The lowest BCUT2D eigenvalue weighted by Crippen LogP contribution is -2.53. The second-order valence-corrected chi connectivity index (χ2v) is 8.49. The Balaban J connectivity index is 1.64. The van der Waals surface area contributed by atoms with Crippen molar-refractivity contribution >= 4 is 39.8 Å². The van der Waals surface area contributed by atoms with E-state index in [-0.39, 0.29) is 5.91 Å². The Kier molecular flexibility index (Phi) is 5.27. The molecule has 1 aliphatic heterocycles. The maximum absolute atomic E-state index is 12.3. The number of halogens is 1. The van der Waals surface area contributed by atoms with Crippen molar-refractivity contribution in [1.82, 2.24) is 14.9 Å². The van der Waals surface area contributed by atoms with Gasteiger partial charge in [-0.1, -0.05) is 29.0 Å². The van der Waals surface area contributed by atoms with Crippen molar-refractivity contribution in [2.45, 2.75) is 38.1 Å². The summed E-state index contributed by atoms with van der Waals surface area (Å²) in [6.45, 7) is 4.93. The van der Waals surface area contributed by atoms with Crippen LogP contribution < -0.4 is 11.1 Å². The van der Waals surface area contributed by atoms with E-state index in [9.17, 15) is 4.79 Å². The first-order valence-electron chi connectivity index (χ1n) is 8.26. The van der Waals surface area contributed by atoms with Gasteiger partial charge in [0.2, 0.25) is 5.91 Å². The lowest BCUT2D eigenvalue weighted by Gasteiger charge is -2.35. The van der Waals surface area contributed by atoms with Crippen molar-refractivity contribution in [2.75, 3.05) is 18.4 Å². The van der Waals surface area contributed by atoms with Crippen LogP contribution in [0.2, 0.25) is 4.34 Å². The summed E-state index contributed by atoms with van der Waals surface area (Å²) in [5.41, 5.74) is 6.14. The minimum atomic E-state index is -0.816. The van der Waals surface area contributed by atoms with Crippen LogP contribution in [0.25, 0.3) is 0 Å². The first-order chi connectivity index (χ1) is 11.8. The van der Waals surface area contributed by atoms with Crippen molar-refractivity contribution in [3.8, 4) is 0 Å². The average molecular weight is 380 g/mol. The number of rotatable bonds is 4. The number of pyridine rings is 1. The van der Waals surface area contributed by atoms with Gasteiger partial charge in [0, 0.05) is 24.7 Å². The van der Waals surface area contributed by atoms with Gasteiger partial charge in [0.25, 0.3) is 0 Å². The van der Waals surface area contributed by atoms with Crippen LogP contribution in [-0.2, 0) is 4.79 Å². The van der Waals surface area contributed by atoms with Gasteiger partial charge >= 0.3 is 0 Å². The molecule has 0 saturated carbocycles. The summed E-state index contributed by atoms with van der Waals surface area (Å²) < 4.78 is 0.638. The molecule has 0 radical (unpaired) electrons. The predicted octanol–water partition coefficient (Wildman–Crippen LogP) is 3.38. The molecule has 0 aromatic carbocycles. The molecular weight excluding hydrogens is 358 g/mol. The summed E-state index contributed by atoms with van der Waals surface area (Å²) in [6, 6.07) is 5.93. The topological polar surface area (TPSA) is 84.1 Å². The molecule has 1 aliphatic rings. The Morgan fingerprint density at radius 1 is 1.40 bits per heavy atom. The lowest BCUT2D eigenvalue weighted by atomic mass is 9.92. The normalized spacial score (nSPS) is 16.1. The Morgan fingerprint density at radius 3 is 2.72 bits per heavy atom. The van der Waals surface area contributed by atoms with E-state index in [0.717, 1.165) is 29.5 Å². The number of aromatic nitrogens is 2. The Hall–Kier alpha value is -1.70. The number of nitrogens with zero attached hydrogens (tertiary/aromatic N) is 3. The standard InChI is InChI=1S/C17H22ClN5OS/c1-17(2,19)15(24)23-8-6-11(7-9-23)12-4-3-5-14(21-12)22-16-20-10-13(18)25-16/h3-5,10-11H,6-9,19H2,1-2H3,(H,20,21,22). The van der Waals surface area contributed by atoms with Crippen LogP contribution in [-0.4, -0.2) is 39.4 Å². The number of carbonyl (C=O) groups is 1. The number of piperidine rings is 1. The number of nitrogens with one attached hydrogen (secondary N) is 1. The minimum Gasteiger partial charge on any atom is -0.341 e. The van der Waals surface area contributed by atoms with Crippen molar-refractivity contribution in [2.24, 2.45) is 5.73 Å². The fraction of sp³-hybridized carbons (Fsp3) is 0.471. The highest BCUT2D eigenvalue weighted by Gasteiger charge is 2.31. The summed E-state index contributed by atoms with van der Waals surface area (Å²) in [5, 5.41) is 3.90. The summed E-state index contributed by atoms with van der Waals surface area (Å²) in [7, 11) is 0. The lowest BCUT2D eigenvalue weighted by molar-refractivity contribution is -0.136. The van der Waals surface area contributed by atoms with E-state index in [1.807, 2.05) is 23.1 Å². The van der Waals surface area contributed by atoms with E-state index < -0.39 is 5.54 Å². The highest BCUT2D eigenvalue weighted by molar-refractivity contribution is 7.19. The Bertz CT molecular complexity index is 749. The molecule has 0 atom stereocenters. The van der Waals surface area contributed by atoms with Crippen molar-refractivity contribution in [3.63, 3.8) is 0 Å². The Labute approximate surface area is 156 Å². The van der Waals surface area contributed by atoms with E-state index in [2.05, 4.69) is 10.3 Å². The fourth-order valence-corrected chi connectivity index (χ4v) is 3.78. The van der Waals surface area contributed by atoms with E-state index in [0.29, 0.717) is 23.3 Å². The van der Waals surface area contributed by atoms with Gasteiger partial charge in [0.1, 0.15) is 10.2 Å². The molecule has 0 aliphatic carbocycles. The third-order valence-electron chi connectivity index (χ3n) is 4.23. The first-order valence-corrected chi connectivity index (χ1v) is 9.46. The average Bonchev–Trinajstić information content (AvgIpc) is 2.98. The smallest absolute Gasteiger partial charge is 0.242 e. The molecule has 3 heterocycles. The molecule has 2 aromatic heterocycles. The van der Waals surface area contributed by atoms with Gasteiger partial charge < -0.3 is 16.0 Å². The van der Waals surface area contributed by atoms with Gasteiger partial charge in [0.15, 0.2) is 5.13 Å². The molecule has 25 heavy (non-hydrogen) atoms. The predicted molar refractivity (Wildman–Crippen MR) is 101 cm³/mol. The van der Waals surface area contributed by atoms with E-state index in [4.69, 9.17) is 22.3 Å². The number of hydrogen-bond donors (Lipinski definition) is 2. The van der Waals surface area contributed by atoms with Crippen LogP contribution in [0.5, 0.6) is 0 Å². The van der Waals surface area contributed by atoms with Crippen LogP contribution in [0.4, 0.5) is 10.9 Å². The summed E-state index contributed by atoms with van der Waals surface area (Å²) >= 11 is 7.28. The molecule has 1 fully saturated rings. The van der Waals surface area contributed by atoms with Gasteiger partial charge in [-0.15, -0.1) is 0 Å². The number of likely N-dealkylation sites (tertiary alicyclic amines) is 1. The molecule has 134 valence electrons. The Morgan fingerprint density at radius 2 is 2.12 bits per heavy atom. The SMILES string of the molecule is CC(C)(N)C(=O)N1CCC(c2cccc(Nc3ncc(Cl)s3)n2)CC1. The molecule has 6 nitrogen and oxygen atoms in total. The number of anilines is 2. The first kappa shape index (κ1) is 18.1. The third-order valence-corrected chi connectivity index (χ3v) is 5.27. The number of carbonyl (C=O) groups excluding carboxylic acids is 1. The van der Waals surface area contributed by atoms with Gasteiger partial charge in [-0.3, -0.25) is 4.79 Å². The zero-order valence-electron chi connectivity index (χ0n) is 14.3. The number of amides is 1. The highest BCUT2D eigenvalue weighted by Crippen LogP contribution is 2.30. The molecule has 8 heteroatoms. The van der Waals surface area contributed by atoms with Crippen LogP contribution in [0, 0.1) is 0 Å². The van der Waals surface area contributed by atoms with Crippen LogP contribution in [0.3, 0.4) is 0 Å². The van der Waals surface area contributed by atoms with Gasteiger partial charge in [0.05, 0.1) is 11.7 Å². The van der Waals surface area contributed by atoms with Gasteiger partial charge in [-0.25, -0.2) is 9.97 Å². The zero-order chi connectivity index (χ0) is 18.0. The van der Waals surface area contributed by atoms with Gasteiger partial charge in [-0.05, 0) is 38.8 Å². The summed E-state index contributed by atoms with van der Waals surface area (Å²) in [4.78, 5) is 23.0. The number of thiazole rings is 1. The van der Waals surface area contributed by atoms with E-state index in [1.165, 1.54) is 11.3 Å². The molecule has 1 amide bonds. The summed E-state index contributed by atoms with van der Waals surface area (Å²) in [5.74, 6) is 1.10. The molecule has 2 aromatic rings. The maximum atomic E-state index is 12.3. The second-order valence-electron chi connectivity index (χ2n) is 6.83. The monoisotopic (exact) mass is 379 g/mol. The highest BCUT2D eigenvalue weighted by atomic mass is 35.5. The van der Waals surface area contributed by atoms with Crippen LogP contribution in [0.1, 0.15) is 38.3 Å². The molecule has 3 rings (SSSR count). The van der Waals surface area contributed by atoms with Crippen molar-refractivity contribution in [1.29, 1.82) is 0 Å². The van der Waals surface area contributed by atoms with Crippen molar-refractivity contribution in [3.05, 3.63) is 34.4 Å². The third kappa shape index (κ3) is 4.48. The molecule has 0 unspecified atom stereocenters. The molecular formula is C17H22ClN5OS. The van der Waals surface area contributed by atoms with E-state index in [1.54, 1.807) is 20.0 Å². The zero-order valence-corrected chi connectivity index (χ0v) is 15.9. The van der Waals surface area contributed by atoms with Crippen molar-refractivity contribution < 1.29 is 4.79 Å². The minimum absolute atomic E-state index is 0.00924. The van der Waals surface area contributed by atoms with E-state index >= 15 is 0 Å². The second kappa shape index (κ2) is 7.27. The number of nitrogens with two attached hydrogens (primary N) is 1. The maximum Gasteiger partial charge on any atom is 0.242 e. The largest absolute Gasteiger partial charge is 0.341 e. The van der Waals surface area contributed by atoms with Crippen LogP contribution >= 0.6 is 22.9 Å². The quantitative estimate of drug-likeness (QED) is 0.850. The molecule has 0 spiro atoms. The molecule has 1 saturated heterocycles. The summed E-state index contributed by atoms with van der Waals surface area (Å²) in [6.07, 6.45) is 3.40.